The van der Waals surface area contributed by atoms with Crippen LogP contribution < -0.4 is 0 Å². The van der Waals surface area contributed by atoms with Crippen LogP contribution in [0, 0.1) is 0 Å². The van der Waals surface area contributed by atoms with Crippen molar-refractivity contribution in [3.05, 3.63) is 35.0 Å². The summed E-state index contributed by atoms with van der Waals surface area (Å²) in [6.45, 7) is 0. The van der Waals surface area contributed by atoms with Crippen molar-refractivity contribution in [3.63, 3.8) is 0 Å². The summed E-state index contributed by atoms with van der Waals surface area (Å²) in [4.78, 5) is 13.3. The number of fused-ring (bicyclic) bond motifs is 1. The van der Waals surface area contributed by atoms with Gasteiger partial charge in [0, 0.05) is 32.7 Å². The Labute approximate surface area is 106 Å². The molecule has 0 unspecified atom stereocenters. The van der Waals surface area contributed by atoms with Crippen LogP contribution >= 0.6 is 11.6 Å². The third-order valence-electron chi connectivity index (χ3n) is 2.88. The first-order chi connectivity index (χ1) is 8.00. The summed E-state index contributed by atoms with van der Waals surface area (Å²) in [7, 11) is 5.47. The van der Waals surface area contributed by atoms with Gasteiger partial charge in [0.1, 0.15) is 0 Å². The lowest BCUT2D eigenvalue weighted by molar-refractivity contribution is -0.127. The van der Waals surface area contributed by atoms with Gasteiger partial charge in [-0.15, -0.1) is 0 Å². The van der Waals surface area contributed by atoms with E-state index in [1.165, 1.54) is 0 Å². The quantitative estimate of drug-likeness (QED) is 0.804. The van der Waals surface area contributed by atoms with Crippen LogP contribution in [0.25, 0.3) is 10.9 Å². The lowest BCUT2D eigenvalue weighted by Gasteiger charge is -2.09. The molecule has 0 saturated heterocycles. The van der Waals surface area contributed by atoms with Crippen LogP contribution in [0.2, 0.25) is 5.02 Å². The van der Waals surface area contributed by atoms with Crippen molar-refractivity contribution in [3.8, 4) is 0 Å². The maximum Gasteiger partial charge on any atom is 0.226 e. The highest BCUT2D eigenvalue weighted by Gasteiger charge is 2.13. The van der Waals surface area contributed by atoms with Crippen molar-refractivity contribution in [1.29, 1.82) is 0 Å². The number of halogens is 1. The topological polar surface area (TPSA) is 25.2 Å². The molecule has 2 rings (SSSR count). The van der Waals surface area contributed by atoms with E-state index in [0.29, 0.717) is 11.4 Å². The number of hydrogen-bond donors (Lipinski definition) is 0. The van der Waals surface area contributed by atoms with Crippen molar-refractivity contribution in [2.24, 2.45) is 7.05 Å². The molecule has 4 heteroatoms. The van der Waals surface area contributed by atoms with Crippen LogP contribution in [-0.4, -0.2) is 29.5 Å². The second-order valence-corrected chi connectivity index (χ2v) is 4.77. The maximum atomic E-state index is 11.7. The average molecular weight is 251 g/mol. The molecule has 1 aromatic carbocycles. The van der Waals surface area contributed by atoms with Gasteiger partial charge in [0.05, 0.1) is 17.0 Å². The third-order valence-corrected chi connectivity index (χ3v) is 3.18. The van der Waals surface area contributed by atoms with E-state index in [4.69, 9.17) is 11.6 Å². The standard InChI is InChI=1S/C13H15ClN2O/c1-15(2)12(17)7-9-8-16(3)13-10(9)5-4-6-11(13)14/h4-6,8H,7H2,1-3H3. The smallest absolute Gasteiger partial charge is 0.226 e. The first kappa shape index (κ1) is 12.0. The fourth-order valence-electron chi connectivity index (χ4n) is 1.96. The number of aromatic nitrogens is 1. The van der Waals surface area contributed by atoms with Gasteiger partial charge in [0.2, 0.25) is 5.91 Å². The van der Waals surface area contributed by atoms with Crippen LogP contribution in [0.1, 0.15) is 5.56 Å². The molecule has 3 nitrogen and oxygen atoms in total. The predicted molar refractivity (Wildman–Crippen MR) is 70.3 cm³/mol. The van der Waals surface area contributed by atoms with Crippen molar-refractivity contribution in [2.45, 2.75) is 6.42 Å². The molecule has 1 heterocycles. The Morgan fingerprint density at radius 2 is 2.12 bits per heavy atom. The van der Waals surface area contributed by atoms with Crippen molar-refractivity contribution < 1.29 is 4.79 Å². The summed E-state index contributed by atoms with van der Waals surface area (Å²) in [6.07, 6.45) is 2.38. The van der Waals surface area contributed by atoms with E-state index in [1.54, 1.807) is 19.0 Å². The number of carbonyl (C=O) groups is 1. The van der Waals surface area contributed by atoms with E-state index in [2.05, 4.69) is 0 Å². The van der Waals surface area contributed by atoms with Gasteiger partial charge in [-0.05, 0) is 11.6 Å². The average Bonchev–Trinajstić information content (AvgIpc) is 2.57. The maximum absolute atomic E-state index is 11.7. The van der Waals surface area contributed by atoms with E-state index in [-0.39, 0.29) is 5.91 Å². The van der Waals surface area contributed by atoms with Crippen LogP contribution in [0.4, 0.5) is 0 Å². The Kier molecular flexibility index (Phi) is 3.11. The molecule has 17 heavy (non-hydrogen) atoms. The number of benzene rings is 1. The number of rotatable bonds is 2. The molecule has 0 fully saturated rings. The Morgan fingerprint density at radius 3 is 2.76 bits per heavy atom. The summed E-state index contributed by atoms with van der Waals surface area (Å²) in [5, 5.41) is 1.77. The Balaban J connectivity index is 2.49. The van der Waals surface area contributed by atoms with Gasteiger partial charge in [-0.25, -0.2) is 0 Å². The van der Waals surface area contributed by atoms with Crippen LogP contribution in [-0.2, 0) is 18.3 Å². The molecular formula is C13H15ClN2O. The molecule has 1 amide bonds. The first-order valence-corrected chi connectivity index (χ1v) is 5.81. The molecule has 0 atom stereocenters. The van der Waals surface area contributed by atoms with Crippen molar-refractivity contribution >= 4 is 28.4 Å². The second kappa shape index (κ2) is 4.41. The predicted octanol–water partition coefficient (Wildman–Crippen LogP) is 2.46. The number of nitrogens with zero attached hydrogens (tertiary/aromatic N) is 2. The monoisotopic (exact) mass is 250 g/mol. The molecule has 0 radical (unpaired) electrons. The minimum absolute atomic E-state index is 0.0949. The molecule has 2 aromatic rings. The zero-order chi connectivity index (χ0) is 12.6. The van der Waals surface area contributed by atoms with Gasteiger partial charge in [-0.1, -0.05) is 23.7 Å². The molecular weight excluding hydrogens is 236 g/mol. The third kappa shape index (κ3) is 2.15. The minimum Gasteiger partial charge on any atom is -0.349 e. The van der Waals surface area contributed by atoms with Crippen molar-refractivity contribution in [2.75, 3.05) is 14.1 Å². The molecule has 1 aromatic heterocycles. The van der Waals surface area contributed by atoms with E-state index in [1.807, 2.05) is 36.0 Å². The van der Waals surface area contributed by atoms with E-state index < -0.39 is 0 Å². The SMILES string of the molecule is CN(C)C(=O)Cc1cn(C)c2c(Cl)cccc12. The summed E-state index contributed by atoms with van der Waals surface area (Å²) in [5.41, 5.74) is 2.00. The largest absolute Gasteiger partial charge is 0.349 e. The number of para-hydroxylation sites is 1. The molecule has 0 saturated carbocycles. The number of carbonyl (C=O) groups excluding carboxylic acids is 1. The molecule has 0 bridgehead atoms. The molecule has 0 aliphatic heterocycles. The van der Waals surface area contributed by atoms with Crippen molar-refractivity contribution in [1.82, 2.24) is 9.47 Å². The van der Waals surface area contributed by atoms with Gasteiger partial charge in [-0.2, -0.15) is 0 Å². The Hall–Kier alpha value is -1.48. The van der Waals surface area contributed by atoms with E-state index in [9.17, 15) is 4.79 Å². The molecule has 0 aliphatic carbocycles. The first-order valence-electron chi connectivity index (χ1n) is 5.43. The number of amides is 1. The fraction of sp³-hybridized carbons (Fsp3) is 0.308. The van der Waals surface area contributed by atoms with Gasteiger partial charge in [0.15, 0.2) is 0 Å². The lowest BCUT2D eigenvalue weighted by Crippen LogP contribution is -2.23. The van der Waals surface area contributed by atoms with Gasteiger partial charge >= 0.3 is 0 Å². The zero-order valence-electron chi connectivity index (χ0n) is 10.2. The van der Waals surface area contributed by atoms with Gasteiger partial charge in [0.25, 0.3) is 0 Å². The minimum atomic E-state index is 0.0949. The highest BCUT2D eigenvalue weighted by atomic mass is 35.5. The molecule has 0 spiro atoms. The van der Waals surface area contributed by atoms with Crippen LogP contribution in [0.5, 0.6) is 0 Å². The Bertz CT molecular complexity index is 572. The summed E-state index contributed by atoms with van der Waals surface area (Å²) >= 11 is 6.16. The van der Waals surface area contributed by atoms with Crippen LogP contribution in [0.3, 0.4) is 0 Å². The van der Waals surface area contributed by atoms with Crippen LogP contribution in [0.15, 0.2) is 24.4 Å². The highest BCUT2D eigenvalue weighted by Crippen LogP contribution is 2.27. The Morgan fingerprint density at radius 1 is 1.41 bits per heavy atom. The number of aryl methyl sites for hydroxylation is 1. The highest BCUT2D eigenvalue weighted by molar-refractivity contribution is 6.35. The molecule has 0 N–H and O–H groups in total. The molecule has 0 aliphatic rings. The normalized spacial score (nSPS) is 10.8. The number of hydrogen-bond acceptors (Lipinski definition) is 1. The molecule has 90 valence electrons. The van der Waals surface area contributed by atoms with E-state index >= 15 is 0 Å². The second-order valence-electron chi connectivity index (χ2n) is 4.37. The number of likely N-dealkylation sites (N-methyl/N-ethyl adjacent to an activating group) is 1. The zero-order valence-corrected chi connectivity index (χ0v) is 11.0. The summed E-state index contributed by atoms with van der Waals surface area (Å²) in [5.74, 6) is 0.0949. The summed E-state index contributed by atoms with van der Waals surface area (Å²) in [6, 6.07) is 5.77. The van der Waals surface area contributed by atoms with Gasteiger partial charge < -0.3 is 9.47 Å². The van der Waals surface area contributed by atoms with Gasteiger partial charge in [-0.3, -0.25) is 4.79 Å². The fourth-order valence-corrected chi connectivity index (χ4v) is 2.27. The lowest BCUT2D eigenvalue weighted by atomic mass is 10.1. The summed E-state index contributed by atoms with van der Waals surface area (Å²) < 4.78 is 1.97. The van der Waals surface area contributed by atoms with E-state index in [0.717, 1.165) is 16.5 Å².